The molecule has 1 amide bonds. The van der Waals surface area contributed by atoms with Crippen molar-refractivity contribution < 1.29 is 13.2 Å². The first-order valence-corrected chi connectivity index (χ1v) is 9.61. The number of sulfone groups is 1. The first kappa shape index (κ1) is 15.0. The summed E-state index contributed by atoms with van der Waals surface area (Å²) in [4.78, 5) is 13.7. The molecular weight excluding hydrogens is 330 g/mol. The van der Waals surface area contributed by atoms with Crippen molar-refractivity contribution in [2.75, 3.05) is 23.8 Å². The fourth-order valence-corrected chi connectivity index (χ4v) is 5.47. The van der Waals surface area contributed by atoms with Crippen LogP contribution < -0.4 is 0 Å². The molecule has 0 aromatic carbocycles. The van der Waals surface area contributed by atoms with Crippen molar-refractivity contribution in [1.29, 1.82) is 0 Å². The second kappa shape index (κ2) is 5.94. The molecule has 0 bridgehead atoms. The molecule has 19 heavy (non-hydrogen) atoms. The van der Waals surface area contributed by atoms with E-state index in [1.165, 1.54) is 16.7 Å². The minimum Gasteiger partial charge on any atom is -0.318 e. The third kappa shape index (κ3) is 3.21. The van der Waals surface area contributed by atoms with Crippen molar-refractivity contribution in [2.45, 2.75) is 12.3 Å². The molecule has 1 fully saturated rings. The largest absolute Gasteiger partial charge is 0.318 e. The van der Waals surface area contributed by atoms with E-state index in [9.17, 15) is 13.2 Å². The van der Waals surface area contributed by atoms with E-state index in [1.54, 1.807) is 6.92 Å². The quantitative estimate of drug-likeness (QED) is 0.820. The summed E-state index contributed by atoms with van der Waals surface area (Å²) in [6.45, 7) is 1.98. The average molecular weight is 342 g/mol. The second-order valence-corrected chi connectivity index (χ2v) is 9.00. The monoisotopic (exact) mass is 341 g/mol. The molecule has 106 valence electrons. The van der Waals surface area contributed by atoms with Crippen LogP contribution >= 0.6 is 34.7 Å². The lowest BCUT2D eigenvalue weighted by Crippen LogP contribution is -2.50. The molecule has 1 aliphatic rings. The zero-order valence-corrected chi connectivity index (χ0v) is 13.3. The van der Waals surface area contributed by atoms with E-state index < -0.39 is 21.1 Å². The highest BCUT2D eigenvalue weighted by atomic mass is 35.5. The molecule has 10 heteroatoms. The Kier molecular flexibility index (Phi) is 4.70. The Morgan fingerprint density at radius 3 is 2.84 bits per heavy atom. The molecule has 1 aromatic rings. The first-order chi connectivity index (χ1) is 8.95. The Bertz CT molecular complexity index is 574. The molecule has 1 unspecified atom stereocenters. The number of hydrogen-bond donors (Lipinski definition) is 0. The van der Waals surface area contributed by atoms with E-state index >= 15 is 0 Å². The number of carbonyl (C=O) groups is 1. The van der Waals surface area contributed by atoms with Crippen LogP contribution in [-0.2, 0) is 9.84 Å². The summed E-state index contributed by atoms with van der Waals surface area (Å²) in [6, 6.07) is 0. The zero-order chi connectivity index (χ0) is 14.0. The Hall–Kier alpha value is -0.380. The van der Waals surface area contributed by atoms with Crippen molar-refractivity contribution in [3.63, 3.8) is 0 Å². The minimum absolute atomic E-state index is 0.0128. The summed E-state index contributed by atoms with van der Waals surface area (Å²) < 4.78 is 24.3. The molecular formula is C9H12ClN3O3S3. The van der Waals surface area contributed by atoms with Crippen molar-refractivity contribution in [2.24, 2.45) is 0 Å². The molecule has 2 rings (SSSR count). The Morgan fingerprint density at radius 1 is 1.53 bits per heavy atom. The first-order valence-electron chi connectivity index (χ1n) is 5.55. The number of amides is 1. The summed E-state index contributed by atoms with van der Waals surface area (Å²) >= 11 is 8.14. The van der Waals surface area contributed by atoms with Gasteiger partial charge in [0, 0.05) is 23.8 Å². The number of rotatable bonds is 3. The molecule has 2 heterocycles. The van der Waals surface area contributed by atoms with Crippen molar-refractivity contribution in [3.05, 3.63) is 9.47 Å². The lowest BCUT2D eigenvalue weighted by atomic mass is 10.4. The Balaban J connectivity index is 2.27. The van der Waals surface area contributed by atoms with E-state index in [4.69, 9.17) is 11.6 Å². The Morgan fingerprint density at radius 2 is 2.26 bits per heavy atom. The van der Waals surface area contributed by atoms with Crippen LogP contribution in [0.1, 0.15) is 16.7 Å². The van der Waals surface area contributed by atoms with Gasteiger partial charge in [0.05, 0.1) is 0 Å². The molecule has 1 aromatic heterocycles. The summed E-state index contributed by atoms with van der Waals surface area (Å²) in [5.74, 6) is 0.716. The van der Waals surface area contributed by atoms with Gasteiger partial charge in [0.1, 0.15) is 5.37 Å². The van der Waals surface area contributed by atoms with E-state index in [2.05, 4.69) is 10.2 Å². The average Bonchev–Trinajstić information content (AvgIpc) is 2.84. The highest BCUT2D eigenvalue weighted by Crippen LogP contribution is 2.25. The standard InChI is InChI=1S/C9H12ClN3O3S3/c1-2-19(15,16)6-5-17-4-3-13(6)8(14)7-11-12-9(10)18-7/h6H,2-5H2,1H3. The molecule has 0 aliphatic carbocycles. The molecule has 0 saturated carbocycles. The lowest BCUT2D eigenvalue weighted by Gasteiger charge is -2.33. The second-order valence-electron chi connectivity index (χ2n) is 3.84. The SMILES string of the molecule is CCS(=O)(=O)C1CSCCN1C(=O)c1nnc(Cl)s1. The van der Waals surface area contributed by atoms with Gasteiger partial charge in [-0.05, 0) is 11.6 Å². The van der Waals surface area contributed by atoms with Crippen LogP contribution in [0.25, 0.3) is 0 Å². The molecule has 1 saturated heterocycles. The topological polar surface area (TPSA) is 80.2 Å². The fourth-order valence-electron chi connectivity index (χ4n) is 1.72. The van der Waals surface area contributed by atoms with E-state index in [0.29, 0.717) is 18.1 Å². The maximum atomic E-state index is 12.3. The Labute approximate surface area is 124 Å². The number of thioether (sulfide) groups is 1. The van der Waals surface area contributed by atoms with Crippen LogP contribution in [0.3, 0.4) is 0 Å². The maximum absolute atomic E-state index is 12.3. The van der Waals surface area contributed by atoms with Crippen molar-refractivity contribution in [3.8, 4) is 0 Å². The predicted molar refractivity (Wildman–Crippen MR) is 76.5 cm³/mol. The smallest absolute Gasteiger partial charge is 0.286 e. The van der Waals surface area contributed by atoms with Crippen molar-refractivity contribution >= 4 is 50.4 Å². The molecule has 0 radical (unpaired) electrons. The van der Waals surface area contributed by atoms with Crippen LogP contribution in [0.15, 0.2) is 0 Å². The van der Waals surface area contributed by atoms with Gasteiger partial charge < -0.3 is 4.90 Å². The molecule has 1 aliphatic heterocycles. The molecule has 1 atom stereocenters. The van der Waals surface area contributed by atoms with E-state index in [0.717, 1.165) is 11.3 Å². The number of nitrogens with zero attached hydrogens (tertiary/aromatic N) is 3. The van der Waals surface area contributed by atoms with Gasteiger partial charge in [0.2, 0.25) is 9.47 Å². The van der Waals surface area contributed by atoms with Gasteiger partial charge >= 0.3 is 0 Å². The van der Waals surface area contributed by atoms with Crippen LogP contribution in [0.2, 0.25) is 4.47 Å². The summed E-state index contributed by atoms with van der Waals surface area (Å²) in [5.41, 5.74) is 0. The van der Waals surface area contributed by atoms with Gasteiger partial charge in [-0.3, -0.25) is 4.79 Å². The van der Waals surface area contributed by atoms with Crippen molar-refractivity contribution in [1.82, 2.24) is 15.1 Å². The molecule has 0 spiro atoms. The zero-order valence-electron chi connectivity index (χ0n) is 10.1. The third-order valence-corrected chi connectivity index (χ3v) is 7.04. The highest BCUT2D eigenvalue weighted by Gasteiger charge is 2.37. The van der Waals surface area contributed by atoms with Crippen LogP contribution in [0, 0.1) is 0 Å². The van der Waals surface area contributed by atoms with Gasteiger partial charge in [-0.1, -0.05) is 18.3 Å². The predicted octanol–water partition coefficient (Wildman–Crippen LogP) is 1.14. The summed E-state index contributed by atoms with van der Waals surface area (Å²) in [5, 5.41) is 6.60. The lowest BCUT2D eigenvalue weighted by molar-refractivity contribution is 0.0748. The van der Waals surface area contributed by atoms with Gasteiger partial charge in [-0.25, -0.2) is 8.42 Å². The molecule has 6 nitrogen and oxygen atoms in total. The number of carbonyl (C=O) groups excluding carboxylic acids is 1. The third-order valence-electron chi connectivity index (χ3n) is 2.75. The van der Waals surface area contributed by atoms with Crippen LogP contribution in [0.5, 0.6) is 0 Å². The minimum atomic E-state index is -3.31. The van der Waals surface area contributed by atoms with E-state index in [1.807, 2.05) is 0 Å². The fraction of sp³-hybridized carbons (Fsp3) is 0.667. The van der Waals surface area contributed by atoms with Gasteiger partial charge in [-0.15, -0.1) is 10.2 Å². The van der Waals surface area contributed by atoms with Crippen LogP contribution in [0.4, 0.5) is 0 Å². The van der Waals surface area contributed by atoms with Gasteiger partial charge in [0.15, 0.2) is 9.84 Å². The van der Waals surface area contributed by atoms with Crippen LogP contribution in [-0.4, -0.2) is 58.6 Å². The van der Waals surface area contributed by atoms with Gasteiger partial charge in [-0.2, -0.15) is 11.8 Å². The van der Waals surface area contributed by atoms with Gasteiger partial charge in [0.25, 0.3) is 5.91 Å². The normalized spacial score (nSPS) is 20.5. The maximum Gasteiger partial charge on any atom is 0.286 e. The number of halogens is 1. The summed E-state index contributed by atoms with van der Waals surface area (Å²) in [6.07, 6.45) is 0. The molecule has 0 N–H and O–H groups in total. The van der Waals surface area contributed by atoms with E-state index in [-0.39, 0.29) is 15.2 Å². The number of aromatic nitrogens is 2. The highest BCUT2D eigenvalue weighted by molar-refractivity contribution is 8.01. The number of hydrogen-bond acceptors (Lipinski definition) is 7. The summed E-state index contributed by atoms with van der Waals surface area (Å²) in [7, 11) is -3.31.